The van der Waals surface area contributed by atoms with Crippen LogP contribution in [-0.4, -0.2) is 4.98 Å². The normalized spacial score (nSPS) is 9.71. The van der Waals surface area contributed by atoms with E-state index in [0.717, 1.165) is 5.56 Å². The number of pyridine rings is 1. The third-order valence-corrected chi connectivity index (χ3v) is 2.45. The molecule has 0 aliphatic carbocycles. The first kappa shape index (κ1) is 11.4. The number of ether oxygens (including phenoxy) is 1. The summed E-state index contributed by atoms with van der Waals surface area (Å²) in [4.78, 5) is 4.02. The minimum atomic E-state index is 0.311. The minimum absolute atomic E-state index is 0.311. The van der Waals surface area contributed by atoms with Crippen molar-refractivity contribution in [2.45, 2.75) is 6.92 Å². The van der Waals surface area contributed by atoms with Gasteiger partial charge in [-0.05, 0) is 30.7 Å². The average molecular weight is 245 g/mol. The van der Waals surface area contributed by atoms with Gasteiger partial charge in [-0.3, -0.25) is 0 Å². The Balaban J connectivity index is 2.31. The molecule has 3 nitrogen and oxygen atoms in total. The van der Waals surface area contributed by atoms with Crippen molar-refractivity contribution in [1.29, 1.82) is 5.26 Å². The van der Waals surface area contributed by atoms with E-state index in [1.54, 1.807) is 24.3 Å². The predicted octanol–water partition coefficient (Wildman–Crippen LogP) is 3.71. The number of benzene rings is 1. The Bertz CT molecular complexity index is 590. The number of hydrogen-bond acceptors (Lipinski definition) is 3. The molecule has 0 spiro atoms. The van der Waals surface area contributed by atoms with Gasteiger partial charge in [-0.25, -0.2) is 4.98 Å². The second kappa shape index (κ2) is 4.86. The molecule has 0 saturated carbocycles. The van der Waals surface area contributed by atoms with Crippen LogP contribution in [0.2, 0.25) is 5.02 Å². The molecule has 1 aromatic heterocycles. The summed E-state index contributed by atoms with van der Waals surface area (Å²) in [6.07, 6.45) is 0. The van der Waals surface area contributed by atoms with Gasteiger partial charge in [-0.2, -0.15) is 5.26 Å². The Kier molecular flexibility index (Phi) is 3.27. The average Bonchev–Trinajstić information content (AvgIpc) is 2.34. The highest BCUT2D eigenvalue weighted by Crippen LogP contribution is 2.29. The molecule has 0 atom stereocenters. The zero-order valence-corrected chi connectivity index (χ0v) is 9.90. The number of rotatable bonds is 2. The van der Waals surface area contributed by atoms with E-state index in [1.807, 2.05) is 25.1 Å². The maximum absolute atomic E-state index is 8.73. The summed E-state index contributed by atoms with van der Waals surface area (Å²) in [6.45, 7) is 1.95. The van der Waals surface area contributed by atoms with Crippen LogP contribution in [0.5, 0.6) is 11.6 Å². The van der Waals surface area contributed by atoms with Crippen molar-refractivity contribution in [3.05, 3.63) is 52.7 Å². The van der Waals surface area contributed by atoms with Crippen LogP contribution < -0.4 is 4.74 Å². The van der Waals surface area contributed by atoms with Gasteiger partial charge in [0.15, 0.2) is 0 Å². The Morgan fingerprint density at radius 1 is 1.29 bits per heavy atom. The molecule has 0 saturated heterocycles. The Hall–Kier alpha value is -2.05. The van der Waals surface area contributed by atoms with Crippen LogP contribution in [0.1, 0.15) is 11.3 Å². The van der Waals surface area contributed by atoms with Gasteiger partial charge < -0.3 is 4.74 Å². The summed E-state index contributed by atoms with van der Waals surface area (Å²) in [5.74, 6) is 0.894. The summed E-state index contributed by atoms with van der Waals surface area (Å²) in [5, 5.41) is 9.25. The standard InChI is InChI=1S/C13H9ClN2O/c1-9-5-6-11(14)12(7-9)17-13-4-2-3-10(8-15)16-13/h2-7H,1H3. The molecule has 2 rings (SSSR count). The number of nitrogens with zero attached hydrogens (tertiary/aromatic N) is 2. The van der Waals surface area contributed by atoms with Gasteiger partial charge >= 0.3 is 0 Å². The van der Waals surface area contributed by atoms with E-state index < -0.39 is 0 Å². The van der Waals surface area contributed by atoms with Gasteiger partial charge in [-0.1, -0.05) is 23.7 Å². The number of aryl methyl sites for hydroxylation is 1. The van der Waals surface area contributed by atoms with Crippen molar-refractivity contribution in [3.8, 4) is 17.7 Å². The van der Waals surface area contributed by atoms with Crippen LogP contribution in [0.15, 0.2) is 36.4 Å². The lowest BCUT2D eigenvalue weighted by Crippen LogP contribution is -1.91. The maximum atomic E-state index is 8.73. The monoisotopic (exact) mass is 244 g/mol. The van der Waals surface area contributed by atoms with Gasteiger partial charge in [0.05, 0.1) is 5.02 Å². The van der Waals surface area contributed by atoms with Crippen LogP contribution in [0.25, 0.3) is 0 Å². The van der Waals surface area contributed by atoms with E-state index in [-0.39, 0.29) is 0 Å². The fraction of sp³-hybridized carbons (Fsp3) is 0.0769. The highest BCUT2D eigenvalue weighted by atomic mass is 35.5. The zero-order valence-electron chi connectivity index (χ0n) is 9.14. The molecule has 1 heterocycles. The van der Waals surface area contributed by atoms with Crippen molar-refractivity contribution >= 4 is 11.6 Å². The molecule has 0 aliphatic rings. The molecule has 4 heteroatoms. The highest BCUT2D eigenvalue weighted by molar-refractivity contribution is 6.32. The van der Waals surface area contributed by atoms with E-state index in [2.05, 4.69) is 4.98 Å². The Labute approximate surface area is 104 Å². The molecule has 1 aromatic carbocycles. The summed E-state index contributed by atoms with van der Waals surface area (Å²) >= 11 is 6.00. The van der Waals surface area contributed by atoms with E-state index in [0.29, 0.717) is 22.3 Å². The fourth-order valence-corrected chi connectivity index (χ4v) is 1.49. The molecule has 0 fully saturated rings. The number of nitriles is 1. The molecule has 2 aromatic rings. The van der Waals surface area contributed by atoms with Crippen LogP contribution in [-0.2, 0) is 0 Å². The van der Waals surface area contributed by atoms with Gasteiger partial charge in [-0.15, -0.1) is 0 Å². The largest absolute Gasteiger partial charge is 0.437 e. The molecule has 0 N–H and O–H groups in total. The van der Waals surface area contributed by atoms with Crippen molar-refractivity contribution in [3.63, 3.8) is 0 Å². The number of hydrogen-bond donors (Lipinski definition) is 0. The lowest BCUT2D eigenvalue weighted by atomic mass is 10.2. The second-order valence-electron chi connectivity index (χ2n) is 3.51. The Morgan fingerprint density at radius 3 is 2.88 bits per heavy atom. The zero-order chi connectivity index (χ0) is 12.3. The quantitative estimate of drug-likeness (QED) is 0.809. The summed E-state index contributed by atoms with van der Waals surface area (Å²) in [5.41, 5.74) is 1.35. The summed E-state index contributed by atoms with van der Waals surface area (Å²) < 4.78 is 5.54. The topological polar surface area (TPSA) is 45.9 Å². The van der Waals surface area contributed by atoms with Gasteiger partial charge in [0.1, 0.15) is 17.5 Å². The number of aromatic nitrogens is 1. The highest BCUT2D eigenvalue weighted by Gasteiger charge is 2.05. The lowest BCUT2D eigenvalue weighted by Gasteiger charge is -2.07. The first-order valence-electron chi connectivity index (χ1n) is 5.00. The maximum Gasteiger partial charge on any atom is 0.220 e. The van der Waals surface area contributed by atoms with Gasteiger partial charge in [0.2, 0.25) is 5.88 Å². The lowest BCUT2D eigenvalue weighted by molar-refractivity contribution is 0.462. The molecule has 0 radical (unpaired) electrons. The molecule has 0 amide bonds. The van der Waals surface area contributed by atoms with Crippen LogP contribution >= 0.6 is 11.6 Å². The molecule has 17 heavy (non-hydrogen) atoms. The first-order chi connectivity index (χ1) is 8.19. The van der Waals surface area contributed by atoms with E-state index in [4.69, 9.17) is 21.6 Å². The minimum Gasteiger partial charge on any atom is -0.437 e. The molecular weight excluding hydrogens is 236 g/mol. The second-order valence-corrected chi connectivity index (χ2v) is 3.92. The third kappa shape index (κ3) is 2.74. The van der Waals surface area contributed by atoms with E-state index in [1.165, 1.54) is 0 Å². The molecule has 0 aliphatic heterocycles. The van der Waals surface area contributed by atoms with E-state index >= 15 is 0 Å². The van der Waals surface area contributed by atoms with E-state index in [9.17, 15) is 0 Å². The van der Waals surface area contributed by atoms with Crippen molar-refractivity contribution < 1.29 is 4.74 Å². The smallest absolute Gasteiger partial charge is 0.220 e. The fourth-order valence-electron chi connectivity index (χ4n) is 1.34. The number of halogens is 1. The molecule has 0 unspecified atom stereocenters. The van der Waals surface area contributed by atoms with Crippen LogP contribution in [0.4, 0.5) is 0 Å². The molecule has 0 bridgehead atoms. The van der Waals surface area contributed by atoms with Crippen LogP contribution in [0.3, 0.4) is 0 Å². The van der Waals surface area contributed by atoms with Gasteiger partial charge in [0, 0.05) is 6.07 Å². The summed E-state index contributed by atoms with van der Waals surface area (Å²) in [6, 6.07) is 12.4. The van der Waals surface area contributed by atoms with Crippen molar-refractivity contribution in [2.24, 2.45) is 0 Å². The van der Waals surface area contributed by atoms with Crippen molar-refractivity contribution in [2.75, 3.05) is 0 Å². The predicted molar refractivity (Wildman–Crippen MR) is 65.2 cm³/mol. The first-order valence-corrected chi connectivity index (χ1v) is 5.38. The van der Waals surface area contributed by atoms with Gasteiger partial charge in [0.25, 0.3) is 0 Å². The summed E-state index contributed by atoms with van der Waals surface area (Å²) in [7, 11) is 0. The van der Waals surface area contributed by atoms with Crippen LogP contribution in [0, 0.1) is 18.3 Å². The SMILES string of the molecule is Cc1ccc(Cl)c(Oc2cccc(C#N)n2)c1. The molecule has 84 valence electrons. The Morgan fingerprint density at radius 2 is 2.12 bits per heavy atom. The molecular formula is C13H9ClN2O. The van der Waals surface area contributed by atoms with Crippen molar-refractivity contribution in [1.82, 2.24) is 4.98 Å². The third-order valence-electron chi connectivity index (χ3n) is 2.14.